The van der Waals surface area contributed by atoms with Gasteiger partial charge in [0.15, 0.2) is 11.5 Å². The van der Waals surface area contributed by atoms with Gasteiger partial charge >= 0.3 is 0 Å². The highest BCUT2D eigenvalue weighted by Gasteiger charge is 2.37. The molecule has 0 saturated carbocycles. The molecule has 1 heterocycles. The molecule has 0 unspecified atom stereocenters. The van der Waals surface area contributed by atoms with Crippen molar-refractivity contribution in [2.24, 2.45) is 11.3 Å². The minimum Gasteiger partial charge on any atom is -0.454 e. The molecule has 3 rings (SSSR count). The third-order valence-corrected chi connectivity index (χ3v) is 9.09. The molecule has 2 aromatic rings. The van der Waals surface area contributed by atoms with Crippen LogP contribution in [0.3, 0.4) is 0 Å². The van der Waals surface area contributed by atoms with Crippen LogP contribution < -0.4 is 25.4 Å². The molecule has 0 spiro atoms. The lowest BCUT2D eigenvalue weighted by Gasteiger charge is -2.34. The molecule has 258 valence electrons. The van der Waals surface area contributed by atoms with Crippen molar-refractivity contribution in [1.29, 1.82) is 0 Å². The summed E-state index contributed by atoms with van der Waals surface area (Å²) in [5, 5.41) is 29.2. The number of nitrogens with one attached hydrogen (secondary N) is 3. The van der Waals surface area contributed by atoms with E-state index in [1.165, 1.54) is 16.4 Å². The van der Waals surface area contributed by atoms with E-state index in [1.807, 2.05) is 65.0 Å². The normalized spacial score (nSPS) is 14.8. The summed E-state index contributed by atoms with van der Waals surface area (Å²) in [5.74, 6) is -0.165. The largest absolute Gasteiger partial charge is 0.454 e. The molecule has 12 nitrogen and oxygen atoms in total. The first-order valence-corrected chi connectivity index (χ1v) is 16.7. The number of hydrogen-bond donors (Lipinski definition) is 5. The van der Waals surface area contributed by atoms with Crippen molar-refractivity contribution in [2.45, 2.75) is 70.5 Å². The second kappa shape index (κ2) is 17.8. The van der Waals surface area contributed by atoms with Crippen LogP contribution in [0.4, 0.5) is 0 Å². The average molecular weight is 685 g/mol. The number of carbonyl (C=O) groups excluding carboxylic acids is 2. The Morgan fingerprint density at radius 3 is 2.30 bits per heavy atom. The first kappa shape index (κ1) is 39.2. The first-order chi connectivity index (χ1) is 21.2. The summed E-state index contributed by atoms with van der Waals surface area (Å²) in [6, 6.07) is 11.8. The Kier molecular flexibility index (Phi) is 15.2. The predicted molar refractivity (Wildman–Crippen MR) is 177 cm³/mol. The smallest absolute Gasteiger partial charge is 0.243 e. The lowest BCUT2D eigenvalue weighted by molar-refractivity contribution is -0.132. The van der Waals surface area contributed by atoms with Crippen molar-refractivity contribution in [3.63, 3.8) is 0 Å². The number of halogens is 1. The zero-order chi connectivity index (χ0) is 33.2. The summed E-state index contributed by atoms with van der Waals surface area (Å²) >= 11 is 0. The van der Waals surface area contributed by atoms with Crippen molar-refractivity contribution < 1.29 is 37.7 Å². The fourth-order valence-electron chi connectivity index (χ4n) is 4.91. The molecule has 2 aromatic carbocycles. The molecule has 0 saturated heterocycles. The van der Waals surface area contributed by atoms with Crippen LogP contribution in [0.15, 0.2) is 53.4 Å². The second-order valence-corrected chi connectivity index (χ2v) is 14.7. The van der Waals surface area contributed by atoms with Crippen LogP contribution in [0.1, 0.15) is 46.6 Å². The monoisotopic (exact) mass is 684 g/mol. The molecule has 0 aromatic heterocycles. The molecule has 14 heteroatoms. The Morgan fingerprint density at radius 2 is 1.67 bits per heavy atom. The van der Waals surface area contributed by atoms with Crippen molar-refractivity contribution in [2.75, 3.05) is 39.6 Å². The minimum atomic E-state index is -4.07. The van der Waals surface area contributed by atoms with Gasteiger partial charge in [-0.2, -0.15) is 4.31 Å². The highest BCUT2D eigenvalue weighted by molar-refractivity contribution is 7.89. The van der Waals surface area contributed by atoms with Crippen molar-refractivity contribution in [3.8, 4) is 11.5 Å². The fraction of sp³-hybridized carbons (Fsp3) is 0.562. The zero-order valence-electron chi connectivity index (χ0n) is 27.2. The molecular weight excluding hydrogens is 636 g/mol. The number of nitrogens with zero attached hydrogens (tertiary/aromatic N) is 1. The summed E-state index contributed by atoms with van der Waals surface area (Å²) in [7, 11) is -4.07. The molecule has 0 bridgehead atoms. The van der Waals surface area contributed by atoms with E-state index in [2.05, 4.69) is 16.0 Å². The number of carbonyl (C=O) groups is 2. The Labute approximate surface area is 278 Å². The van der Waals surface area contributed by atoms with Crippen molar-refractivity contribution >= 4 is 34.2 Å². The van der Waals surface area contributed by atoms with E-state index in [4.69, 9.17) is 14.6 Å². The number of rotatable bonds is 17. The zero-order valence-corrected chi connectivity index (χ0v) is 28.8. The van der Waals surface area contributed by atoms with E-state index in [-0.39, 0.29) is 68.6 Å². The number of hydrogen-bond acceptors (Lipinski definition) is 9. The lowest BCUT2D eigenvalue weighted by atomic mass is 9.85. The molecule has 2 amide bonds. The van der Waals surface area contributed by atoms with Crippen LogP contribution in [0, 0.1) is 11.3 Å². The molecule has 1 aliphatic heterocycles. The maximum Gasteiger partial charge on any atom is 0.243 e. The Hall–Kier alpha value is -2.94. The minimum absolute atomic E-state index is 0. The number of sulfonamides is 1. The summed E-state index contributed by atoms with van der Waals surface area (Å²) < 4.78 is 39.7. The summed E-state index contributed by atoms with van der Waals surface area (Å²) in [6.45, 7) is 9.49. The van der Waals surface area contributed by atoms with Gasteiger partial charge in [-0.05, 0) is 48.4 Å². The standard InChI is InChI=1S/C32H48N4O8S.ClH/c1-22(2)19-36(45(41,42)24-12-13-27-28(17-24)44-21-43-27)20-26(38)25(16-23-10-7-6-8-11-23)34-31(40)30(32(3,4)5)35-29(39)18-33-14-9-15-37;/h6-8,10-13,17,22,25-26,30,33,37-38H,9,14-16,18-21H2,1-5H3,(H,34,40)(H,35,39);1H/t25-,26+,30+;/m0./s1. The average Bonchev–Trinajstić information content (AvgIpc) is 3.45. The van der Waals surface area contributed by atoms with E-state index in [9.17, 15) is 23.1 Å². The molecule has 5 N–H and O–H groups in total. The molecule has 1 aliphatic rings. The van der Waals surface area contributed by atoms with Gasteiger partial charge in [0, 0.05) is 25.8 Å². The topological polar surface area (TPSA) is 167 Å². The number of benzene rings is 2. The predicted octanol–water partition coefficient (Wildman–Crippen LogP) is 2.08. The second-order valence-electron chi connectivity index (χ2n) is 12.7. The number of amides is 2. The highest BCUT2D eigenvalue weighted by Crippen LogP contribution is 2.35. The van der Waals surface area contributed by atoms with Crippen LogP contribution in [0.2, 0.25) is 0 Å². The van der Waals surface area contributed by atoms with Crippen LogP contribution in [0.25, 0.3) is 0 Å². The number of ether oxygens (including phenoxy) is 2. The van der Waals surface area contributed by atoms with Gasteiger partial charge in [0.1, 0.15) is 6.04 Å². The van der Waals surface area contributed by atoms with Gasteiger partial charge in [-0.3, -0.25) is 9.59 Å². The van der Waals surface area contributed by atoms with Gasteiger partial charge in [0.2, 0.25) is 28.6 Å². The van der Waals surface area contributed by atoms with E-state index in [0.29, 0.717) is 24.5 Å². The third-order valence-electron chi connectivity index (χ3n) is 7.26. The maximum absolute atomic E-state index is 13.9. The van der Waals surface area contributed by atoms with Gasteiger partial charge in [-0.15, -0.1) is 12.4 Å². The Balaban J connectivity index is 0.00000736. The third kappa shape index (κ3) is 11.4. The summed E-state index contributed by atoms with van der Waals surface area (Å²) in [5.41, 5.74) is 0.153. The molecular formula is C32H49ClN4O8S. The highest BCUT2D eigenvalue weighted by atomic mass is 35.5. The fourth-order valence-corrected chi connectivity index (χ4v) is 6.55. The van der Waals surface area contributed by atoms with Crippen LogP contribution in [-0.2, 0) is 26.0 Å². The molecule has 0 aliphatic carbocycles. The summed E-state index contributed by atoms with van der Waals surface area (Å²) in [6.07, 6.45) is -0.581. The Bertz CT molecular complexity index is 1370. The maximum atomic E-state index is 13.9. The van der Waals surface area contributed by atoms with Gasteiger partial charge in [0.25, 0.3) is 0 Å². The van der Waals surface area contributed by atoms with E-state index >= 15 is 0 Å². The number of fused-ring (bicyclic) bond motifs is 1. The molecule has 0 fully saturated rings. The number of aliphatic hydroxyl groups excluding tert-OH is 2. The lowest BCUT2D eigenvalue weighted by Crippen LogP contribution is -2.59. The van der Waals surface area contributed by atoms with Gasteiger partial charge in [0.05, 0.1) is 23.6 Å². The number of aliphatic hydroxyl groups is 2. The van der Waals surface area contributed by atoms with Crippen molar-refractivity contribution in [3.05, 3.63) is 54.1 Å². The summed E-state index contributed by atoms with van der Waals surface area (Å²) in [4.78, 5) is 26.4. The van der Waals surface area contributed by atoms with Crippen LogP contribution >= 0.6 is 12.4 Å². The van der Waals surface area contributed by atoms with Gasteiger partial charge in [-0.1, -0.05) is 65.0 Å². The van der Waals surface area contributed by atoms with Gasteiger partial charge in [-0.25, -0.2) is 8.42 Å². The molecule has 46 heavy (non-hydrogen) atoms. The van der Waals surface area contributed by atoms with E-state index in [0.717, 1.165) is 5.56 Å². The van der Waals surface area contributed by atoms with Crippen LogP contribution in [-0.4, -0.2) is 92.5 Å². The Morgan fingerprint density at radius 1 is 1.00 bits per heavy atom. The SMILES string of the molecule is CC(C)CN(C[C@@H](O)[C@H](Cc1ccccc1)NC(=O)[C@@H](NC(=O)CNCCCO)C(C)(C)C)S(=O)(=O)c1ccc2c(c1)OCO2.Cl. The quantitative estimate of drug-likeness (QED) is 0.157. The van der Waals surface area contributed by atoms with Gasteiger partial charge < -0.3 is 35.6 Å². The van der Waals surface area contributed by atoms with Crippen LogP contribution in [0.5, 0.6) is 11.5 Å². The molecule has 3 atom stereocenters. The molecule has 0 radical (unpaired) electrons. The van der Waals surface area contributed by atoms with Crippen molar-refractivity contribution in [1.82, 2.24) is 20.3 Å². The van der Waals surface area contributed by atoms with E-state index < -0.39 is 39.5 Å². The van der Waals surface area contributed by atoms with E-state index in [1.54, 1.807) is 6.07 Å². The first-order valence-electron chi connectivity index (χ1n) is 15.3.